The van der Waals surface area contributed by atoms with Crippen LogP contribution in [0.25, 0.3) is 0 Å². The summed E-state index contributed by atoms with van der Waals surface area (Å²) in [4.78, 5) is 4.18. The molecule has 0 saturated carbocycles. The molecule has 1 atom stereocenters. The van der Waals surface area contributed by atoms with Crippen LogP contribution in [-0.4, -0.2) is 4.98 Å². The summed E-state index contributed by atoms with van der Waals surface area (Å²) in [5.41, 5.74) is 4.15. The Kier molecular flexibility index (Phi) is 2.43. The predicted octanol–water partition coefficient (Wildman–Crippen LogP) is 2.47. The van der Waals surface area contributed by atoms with Crippen LogP contribution in [0.5, 0.6) is 0 Å². The van der Waals surface area contributed by atoms with E-state index in [1.54, 1.807) is 0 Å². The monoisotopic (exact) mass is 210 g/mol. The summed E-state index contributed by atoms with van der Waals surface area (Å²) in [5.74, 6) is 0. The smallest absolute Gasteiger partial charge is 0.0379 e. The minimum atomic E-state index is 0.406. The molecule has 0 aliphatic carbocycles. The van der Waals surface area contributed by atoms with Gasteiger partial charge in [-0.25, -0.2) is 0 Å². The van der Waals surface area contributed by atoms with Crippen molar-refractivity contribution in [2.45, 2.75) is 19.0 Å². The summed E-state index contributed by atoms with van der Waals surface area (Å²) in [7, 11) is 0. The fraction of sp³-hybridized carbons (Fsp3) is 0.214. The molecule has 1 unspecified atom stereocenters. The second-order valence-corrected chi connectivity index (χ2v) is 4.19. The lowest BCUT2D eigenvalue weighted by Gasteiger charge is -2.26. The SMILES string of the molecule is c1cncc(C2Cc3ccccc3CN2)c1. The van der Waals surface area contributed by atoms with Crippen LogP contribution in [0.15, 0.2) is 48.8 Å². The van der Waals surface area contributed by atoms with E-state index in [1.807, 2.05) is 18.5 Å². The zero-order valence-corrected chi connectivity index (χ0v) is 9.06. The first-order chi connectivity index (χ1) is 7.93. The Bertz CT molecular complexity index is 479. The maximum Gasteiger partial charge on any atom is 0.0379 e. The molecule has 2 aromatic rings. The Morgan fingerprint density at radius 1 is 1.06 bits per heavy atom. The highest BCUT2D eigenvalue weighted by atomic mass is 14.9. The van der Waals surface area contributed by atoms with Crippen molar-refractivity contribution in [1.29, 1.82) is 0 Å². The number of aromatic nitrogens is 1. The van der Waals surface area contributed by atoms with Crippen LogP contribution < -0.4 is 5.32 Å². The molecule has 1 aliphatic heterocycles. The topological polar surface area (TPSA) is 24.9 Å². The average molecular weight is 210 g/mol. The summed E-state index contributed by atoms with van der Waals surface area (Å²) in [6.07, 6.45) is 4.83. The van der Waals surface area contributed by atoms with Gasteiger partial charge in [0.25, 0.3) is 0 Å². The van der Waals surface area contributed by atoms with Crippen molar-refractivity contribution in [3.05, 3.63) is 65.5 Å². The Labute approximate surface area is 95.3 Å². The average Bonchev–Trinajstić information content (AvgIpc) is 2.39. The van der Waals surface area contributed by atoms with E-state index < -0.39 is 0 Å². The first kappa shape index (κ1) is 9.55. The highest BCUT2D eigenvalue weighted by Crippen LogP contribution is 2.24. The van der Waals surface area contributed by atoms with E-state index in [4.69, 9.17) is 0 Å². The maximum atomic E-state index is 4.18. The van der Waals surface area contributed by atoms with Gasteiger partial charge in [-0.05, 0) is 29.2 Å². The lowest BCUT2D eigenvalue weighted by molar-refractivity contribution is 0.498. The molecule has 0 bridgehead atoms. The van der Waals surface area contributed by atoms with Crippen molar-refractivity contribution in [2.24, 2.45) is 0 Å². The highest BCUT2D eigenvalue weighted by Gasteiger charge is 2.18. The molecular weight excluding hydrogens is 196 g/mol. The molecule has 80 valence electrons. The molecule has 1 N–H and O–H groups in total. The van der Waals surface area contributed by atoms with E-state index in [0.717, 1.165) is 13.0 Å². The zero-order chi connectivity index (χ0) is 10.8. The van der Waals surface area contributed by atoms with Gasteiger partial charge in [0.05, 0.1) is 0 Å². The molecule has 1 aromatic heterocycles. The number of nitrogens with one attached hydrogen (secondary N) is 1. The van der Waals surface area contributed by atoms with Gasteiger partial charge < -0.3 is 5.32 Å². The van der Waals surface area contributed by atoms with Crippen LogP contribution in [0.3, 0.4) is 0 Å². The zero-order valence-electron chi connectivity index (χ0n) is 9.06. The van der Waals surface area contributed by atoms with E-state index in [-0.39, 0.29) is 0 Å². The van der Waals surface area contributed by atoms with E-state index >= 15 is 0 Å². The van der Waals surface area contributed by atoms with Gasteiger partial charge in [0, 0.05) is 25.0 Å². The van der Waals surface area contributed by atoms with Crippen molar-refractivity contribution in [2.75, 3.05) is 0 Å². The molecule has 2 heteroatoms. The third kappa shape index (κ3) is 1.72. The molecule has 2 nitrogen and oxygen atoms in total. The van der Waals surface area contributed by atoms with Crippen LogP contribution in [-0.2, 0) is 13.0 Å². The van der Waals surface area contributed by atoms with Gasteiger partial charge in [-0.15, -0.1) is 0 Å². The summed E-state index contributed by atoms with van der Waals surface area (Å²) < 4.78 is 0. The standard InChI is InChI=1S/C14H14N2/c1-2-5-12-10-16-14(8-11(12)4-1)13-6-3-7-15-9-13/h1-7,9,14,16H,8,10H2. The Balaban J connectivity index is 1.89. The maximum absolute atomic E-state index is 4.18. The van der Waals surface area contributed by atoms with Gasteiger partial charge in [0.2, 0.25) is 0 Å². The largest absolute Gasteiger partial charge is 0.305 e. The Morgan fingerprint density at radius 3 is 2.75 bits per heavy atom. The summed E-state index contributed by atoms with van der Waals surface area (Å²) in [6.45, 7) is 0.954. The number of fused-ring (bicyclic) bond motifs is 1. The molecule has 0 amide bonds. The normalized spacial score (nSPS) is 19.1. The van der Waals surface area contributed by atoms with E-state index in [9.17, 15) is 0 Å². The fourth-order valence-electron chi connectivity index (χ4n) is 2.27. The van der Waals surface area contributed by atoms with Crippen LogP contribution in [0.2, 0.25) is 0 Å². The van der Waals surface area contributed by atoms with Gasteiger partial charge in [0.1, 0.15) is 0 Å². The first-order valence-corrected chi connectivity index (χ1v) is 5.63. The van der Waals surface area contributed by atoms with Gasteiger partial charge in [-0.1, -0.05) is 30.3 Å². The van der Waals surface area contributed by atoms with Gasteiger partial charge >= 0.3 is 0 Å². The van der Waals surface area contributed by atoms with E-state index in [0.29, 0.717) is 6.04 Å². The summed E-state index contributed by atoms with van der Waals surface area (Å²) >= 11 is 0. The van der Waals surface area contributed by atoms with Gasteiger partial charge in [0.15, 0.2) is 0 Å². The second kappa shape index (κ2) is 4.06. The molecule has 0 fully saturated rings. The highest BCUT2D eigenvalue weighted by molar-refractivity contribution is 5.32. The number of rotatable bonds is 1. The molecule has 1 aliphatic rings. The summed E-state index contributed by atoms with van der Waals surface area (Å²) in [6, 6.07) is 13.2. The molecule has 3 rings (SSSR count). The minimum absolute atomic E-state index is 0.406. The second-order valence-electron chi connectivity index (χ2n) is 4.19. The number of pyridine rings is 1. The number of nitrogens with zero attached hydrogens (tertiary/aromatic N) is 1. The third-order valence-electron chi connectivity index (χ3n) is 3.17. The Morgan fingerprint density at radius 2 is 1.94 bits per heavy atom. The lowest BCUT2D eigenvalue weighted by atomic mass is 9.92. The van der Waals surface area contributed by atoms with Crippen molar-refractivity contribution in [3.63, 3.8) is 0 Å². The van der Waals surface area contributed by atoms with Gasteiger partial charge in [-0.3, -0.25) is 4.98 Å². The van der Waals surface area contributed by atoms with Crippen LogP contribution in [0, 0.1) is 0 Å². The van der Waals surface area contributed by atoms with Crippen LogP contribution >= 0.6 is 0 Å². The molecule has 0 spiro atoms. The third-order valence-corrected chi connectivity index (χ3v) is 3.17. The van der Waals surface area contributed by atoms with Crippen molar-refractivity contribution >= 4 is 0 Å². The van der Waals surface area contributed by atoms with E-state index in [2.05, 4.69) is 40.6 Å². The first-order valence-electron chi connectivity index (χ1n) is 5.63. The molecular formula is C14H14N2. The summed E-state index contributed by atoms with van der Waals surface area (Å²) in [5, 5.41) is 3.55. The van der Waals surface area contributed by atoms with Crippen LogP contribution in [0.1, 0.15) is 22.7 Å². The lowest BCUT2D eigenvalue weighted by Crippen LogP contribution is -2.28. The van der Waals surface area contributed by atoms with Crippen LogP contribution in [0.4, 0.5) is 0 Å². The molecule has 16 heavy (non-hydrogen) atoms. The van der Waals surface area contributed by atoms with Crippen molar-refractivity contribution in [3.8, 4) is 0 Å². The quantitative estimate of drug-likeness (QED) is 0.782. The number of hydrogen-bond donors (Lipinski definition) is 1. The predicted molar refractivity (Wildman–Crippen MR) is 64.0 cm³/mol. The minimum Gasteiger partial charge on any atom is -0.305 e. The van der Waals surface area contributed by atoms with E-state index in [1.165, 1.54) is 16.7 Å². The fourth-order valence-corrected chi connectivity index (χ4v) is 2.27. The molecule has 0 radical (unpaired) electrons. The number of benzene rings is 1. The Hall–Kier alpha value is -1.67. The van der Waals surface area contributed by atoms with Crippen molar-refractivity contribution < 1.29 is 0 Å². The van der Waals surface area contributed by atoms with Gasteiger partial charge in [-0.2, -0.15) is 0 Å². The van der Waals surface area contributed by atoms with Crippen molar-refractivity contribution in [1.82, 2.24) is 10.3 Å². The number of hydrogen-bond acceptors (Lipinski definition) is 2. The molecule has 0 saturated heterocycles. The molecule has 1 aromatic carbocycles. The molecule has 2 heterocycles.